The fraction of sp³-hybridized carbons (Fsp3) is 0.750. The van der Waals surface area contributed by atoms with Gasteiger partial charge in [-0.15, -0.1) is 0 Å². The Labute approximate surface area is 134 Å². The van der Waals surface area contributed by atoms with Crippen LogP contribution < -0.4 is 0 Å². The Morgan fingerprint density at radius 2 is 2.09 bits per heavy atom. The topological polar surface area (TPSA) is 37.3 Å². The maximum Gasteiger partial charge on any atom is 0.328 e. The molecule has 0 radical (unpaired) electrons. The van der Waals surface area contributed by atoms with Gasteiger partial charge in [0.05, 0.1) is 0 Å². The number of aliphatic carboxylic acids is 1. The third-order valence-corrected chi connectivity index (χ3v) is 7.32. The van der Waals surface area contributed by atoms with Gasteiger partial charge in [0.2, 0.25) is 0 Å². The van der Waals surface area contributed by atoms with E-state index in [1.165, 1.54) is 43.8 Å². The number of carboxylic acid groups (broad SMARTS) is 1. The monoisotopic (exact) mass is 302 g/mol. The first-order valence-electron chi connectivity index (χ1n) is 8.85. The zero-order chi connectivity index (χ0) is 16.1. The molecule has 0 aliphatic heterocycles. The fourth-order valence-corrected chi connectivity index (χ4v) is 5.98. The van der Waals surface area contributed by atoms with Gasteiger partial charge in [-0.2, -0.15) is 0 Å². The van der Waals surface area contributed by atoms with Crippen LogP contribution in [0.25, 0.3) is 0 Å². The largest absolute Gasteiger partial charge is 0.478 e. The van der Waals surface area contributed by atoms with Gasteiger partial charge >= 0.3 is 5.97 Å². The maximum absolute atomic E-state index is 10.8. The Balaban J connectivity index is 1.76. The van der Waals surface area contributed by atoms with Crippen LogP contribution in [0.3, 0.4) is 0 Å². The van der Waals surface area contributed by atoms with Crippen LogP contribution >= 0.6 is 0 Å². The third kappa shape index (κ3) is 2.45. The van der Waals surface area contributed by atoms with Gasteiger partial charge in [-0.25, -0.2) is 4.79 Å². The van der Waals surface area contributed by atoms with Crippen molar-refractivity contribution in [1.82, 2.24) is 0 Å². The van der Waals surface area contributed by atoms with Crippen LogP contribution in [0.5, 0.6) is 0 Å². The number of fused-ring (bicyclic) bond motifs is 3. The Bertz CT molecular complexity index is 532. The Kier molecular flexibility index (Phi) is 3.78. The fourth-order valence-electron chi connectivity index (χ4n) is 5.98. The Morgan fingerprint density at radius 1 is 1.36 bits per heavy atom. The lowest BCUT2D eigenvalue weighted by atomic mass is 9.50. The smallest absolute Gasteiger partial charge is 0.328 e. The van der Waals surface area contributed by atoms with Gasteiger partial charge in [0.15, 0.2) is 0 Å². The summed E-state index contributed by atoms with van der Waals surface area (Å²) in [6, 6.07) is 0. The molecule has 5 atom stereocenters. The van der Waals surface area contributed by atoms with Crippen molar-refractivity contribution in [2.45, 2.75) is 65.7 Å². The summed E-state index contributed by atoms with van der Waals surface area (Å²) in [4.78, 5) is 10.8. The minimum absolute atomic E-state index is 0.389. The van der Waals surface area contributed by atoms with Gasteiger partial charge in [-0.1, -0.05) is 31.6 Å². The van der Waals surface area contributed by atoms with Gasteiger partial charge < -0.3 is 5.11 Å². The van der Waals surface area contributed by atoms with E-state index >= 15 is 0 Å². The molecule has 0 amide bonds. The van der Waals surface area contributed by atoms with Crippen LogP contribution in [-0.2, 0) is 4.79 Å². The Morgan fingerprint density at radius 3 is 2.77 bits per heavy atom. The zero-order valence-corrected chi connectivity index (χ0v) is 14.3. The van der Waals surface area contributed by atoms with Crippen molar-refractivity contribution >= 4 is 5.97 Å². The second kappa shape index (κ2) is 5.25. The zero-order valence-electron chi connectivity index (χ0n) is 14.3. The van der Waals surface area contributed by atoms with E-state index in [9.17, 15) is 4.79 Å². The van der Waals surface area contributed by atoms with E-state index < -0.39 is 5.97 Å². The van der Waals surface area contributed by atoms with E-state index in [0.717, 1.165) is 30.3 Å². The van der Waals surface area contributed by atoms with Crippen LogP contribution in [0.2, 0.25) is 0 Å². The molecular weight excluding hydrogens is 272 g/mol. The molecule has 0 aromatic carbocycles. The number of allylic oxidation sites excluding steroid dienone is 2. The minimum Gasteiger partial charge on any atom is -0.478 e. The molecule has 3 aliphatic carbocycles. The average Bonchev–Trinajstić information content (AvgIpc) is 3.08. The SMILES string of the molecule is C=C1CC[C@H]2[C@](C)(CC[C@H]3C[C@]32C)[C@H]1CC/C(C)=C/C(=O)O. The first-order chi connectivity index (χ1) is 10.3. The highest BCUT2D eigenvalue weighted by Crippen LogP contribution is 2.73. The highest BCUT2D eigenvalue weighted by atomic mass is 16.4. The molecule has 22 heavy (non-hydrogen) atoms. The molecule has 0 saturated heterocycles. The van der Waals surface area contributed by atoms with Crippen molar-refractivity contribution in [2.24, 2.45) is 28.6 Å². The van der Waals surface area contributed by atoms with Gasteiger partial charge in [-0.05, 0) is 80.5 Å². The summed E-state index contributed by atoms with van der Waals surface area (Å²) in [7, 11) is 0. The molecule has 0 bridgehead atoms. The molecule has 2 heteroatoms. The highest BCUT2D eigenvalue weighted by molar-refractivity contribution is 5.80. The van der Waals surface area contributed by atoms with E-state index in [1.54, 1.807) is 0 Å². The second-order valence-electron chi connectivity index (χ2n) is 8.62. The first-order valence-corrected chi connectivity index (χ1v) is 8.85. The van der Waals surface area contributed by atoms with E-state index in [0.29, 0.717) is 16.7 Å². The van der Waals surface area contributed by atoms with Crippen LogP contribution in [0.15, 0.2) is 23.8 Å². The lowest BCUT2D eigenvalue weighted by Gasteiger charge is -2.54. The number of carbonyl (C=O) groups is 1. The summed E-state index contributed by atoms with van der Waals surface area (Å²) < 4.78 is 0. The van der Waals surface area contributed by atoms with Gasteiger partial charge in [-0.3, -0.25) is 0 Å². The molecule has 3 saturated carbocycles. The summed E-state index contributed by atoms with van der Waals surface area (Å²) in [6.07, 6.45) is 9.98. The van der Waals surface area contributed by atoms with Crippen molar-refractivity contribution in [1.29, 1.82) is 0 Å². The van der Waals surface area contributed by atoms with Gasteiger partial charge in [0.25, 0.3) is 0 Å². The minimum atomic E-state index is -0.824. The molecule has 0 spiro atoms. The van der Waals surface area contributed by atoms with Crippen molar-refractivity contribution < 1.29 is 9.90 Å². The van der Waals surface area contributed by atoms with Crippen LogP contribution in [0.4, 0.5) is 0 Å². The normalized spacial score (nSPS) is 44.2. The molecule has 3 fully saturated rings. The van der Waals surface area contributed by atoms with Crippen LogP contribution in [-0.4, -0.2) is 11.1 Å². The summed E-state index contributed by atoms with van der Waals surface area (Å²) in [6.45, 7) is 11.4. The van der Waals surface area contributed by atoms with Crippen LogP contribution in [0.1, 0.15) is 65.7 Å². The number of carboxylic acids is 1. The molecule has 3 aliphatic rings. The Hall–Kier alpha value is -1.05. The van der Waals surface area contributed by atoms with Gasteiger partial charge in [0, 0.05) is 6.08 Å². The quantitative estimate of drug-likeness (QED) is 0.572. The molecular formula is C20H30O2. The van der Waals surface area contributed by atoms with E-state index in [2.05, 4.69) is 20.4 Å². The van der Waals surface area contributed by atoms with Gasteiger partial charge in [0.1, 0.15) is 0 Å². The summed E-state index contributed by atoms with van der Waals surface area (Å²) in [5.41, 5.74) is 3.39. The molecule has 0 unspecified atom stereocenters. The van der Waals surface area contributed by atoms with E-state index in [1.807, 2.05) is 6.92 Å². The van der Waals surface area contributed by atoms with Crippen molar-refractivity contribution in [3.05, 3.63) is 23.8 Å². The third-order valence-electron chi connectivity index (χ3n) is 7.32. The number of hydrogen-bond donors (Lipinski definition) is 1. The van der Waals surface area contributed by atoms with E-state index in [-0.39, 0.29) is 0 Å². The predicted octanol–water partition coefficient (Wildman–Crippen LogP) is 5.21. The molecule has 2 nitrogen and oxygen atoms in total. The van der Waals surface area contributed by atoms with Crippen molar-refractivity contribution in [2.75, 3.05) is 0 Å². The average molecular weight is 302 g/mol. The second-order valence-corrected chi connectivity index (χ2v) is 8.62. The molecule has 0 aromatic rings. The molecule has 122 valence electrons. The lowest BCUT2D eigenvalue weighted by molar-refractivity contribution is -0.131. The lowest BCUT2D eigenvalue weighted by Crippen LogP contribution is -2.46. The van der Waals surface area contributed by atoms with E-state index in [4.69, 9.17) is 5.11 Å². The standard InChI is InChI=1S/C20H30O2/c1-13(11-18(21)22)5-7-16-14(2)6-8-17-19(16,3)10-9-15-12-20(15,17)4/h11,15-17H,2,5-10,12H2,1,3-4H3,(H,21,22)/b13-11+/t15-,16-,17-,19+,20+/m0/s1. The predicted molar refractivity (Wildman–Crippen MR) is 89.5 cm³/mol. The number of hydrogen-bond acceptors (Lipinski definition) is 1. The summed E-state index contributed by atoms with van der Waals surface area (Å²) >= 11 is 0. The van der Waals surface area contributed by atoms with Crippen molar-refractivity contribution in [3.63, 3.8) is 0 Å². The van der Waals surface area contributed by atoms with Crippen molar-refractivity contribution in [3.8, 4) is 0 Å². The first kappa shape index (κ1) is 15.8. The van der Waals surface area contributed by atoms with Crippen LogP contribution in [0, 0.1) is 28.6 Å². The number of rotatable bonds is 4. The summed E-state index contributed by atoms with van der Waals surface area (Å²) in [5, 5.41) is 8.89. The molecule has 3 rings (SSSR count). The maximum atomic E-state index is 10.8. The molecule has 0 heterocycles. The molecule has 0 aromatic heterocycles. The molecule has 1 N–H and O–H groups in total. The highest BCUT2D eigenvalue weighted by Gasteiger charge is 2.64. The summed E-state index contributed by atoms with van der Waals surface area (Å²) in [5.74, 6) is 1.57.